The van der Waals surface area contributed by atoms with Crippen LogP contribution in [-0.4, -0.2) is 30.1 Å². The van der Waals surface area contributed by atoms with Crippen molar-refractivity contribution in [2.75, 3.05) is 0 Å². The molecule has 0 fully saturated rings. The number of pyridine rings is 3. The average Bonchev–Trinajstić information content (AvgIpc) is 3.43. The lowest BCUT2D eigenvalue weighted by molar-refractivity contribution is 1.11. The molecule has 0 aliphatic heterocycles. The molecule has 0 atom stereocenters. The van der Waals surface area contributed by atoms with Crippen LogP contribution in [0, 0.1) is 0 Å². The summed E-state index contributed by atoms with van der Waals surface area (Å²) in [7, 11) is 0. The van der Waals surface area contributed by atoms with Gasteiger partial charge in [0, 0.05) is 46.0 Å². The van der Waals surface area contributed by atoms with Gasteiger partial charge in [-0.1, -0.05) is 18.2 Å². The first-order valence-electron chi connectivity index (χ1n) is 9.65. The summed E-state index contributed by atoms with van der Waals surface area (Å²) in [6.07, 6.45) is 7.18. The molecule has 6 aromatic rings. The average molecular weight is 388 g/mol. The third kappa shape index (κ3) is 2.66. The van der Waals surface area contributed by atoms with Crippen molar-refractivity contribution in [3.63, 3.8) is 0 Å². The molecular weight excluding hydrogens is 372 g/mol. The van der Waals surface area contributed by atoms with Crippen LogP contribution in [0.25, 0.3) is 55.7 Å². The Balaban J connectivity index is 1.52. The molecule has 6 rings (SSSR count). The van der Waals surface area contributed by atoms with Gasteiger partial charge in [0.2, 0.25) is 0 Å². The molecule has 0 bridgehead atoms. The van der Waals surface area contributed by atoms with E-state index in [9.17, 15) is 0 Å². The van der Waals surface area contributed by atoms with E-state index in [0.29, 0.717) is 0 Å². The highest BCUT2D eigenvalue weighted by molar-refractivity contribution is 6.01. The number of hydrogen-bond acceptors (Lipinski definition) is 4. The molecule has 142 valence electrons. The lowest BCUT2D eigenvalue weighted by Crippen LogP contribution is -1.84. The topological polar surface area (TPSA) is 83.1 Å². The zero-order valence-electron chi connectivity index (χ0n) is 15.9. The van der Waals surface area contributed by atoms with Crippen molar-refractivity contribution in [3.05, 3.63) is 85.5 Å². The fourth-order valence-electron chi connectivity index (χ4n) is 3.83. The summed E-state index contributed by atoms with van der Waals surface area (Å²) in [6, 6.07) is 20.3. The minimum Gasteiger partial charge on any atom is -0.353 e. The molecule has 5 aromatic heterocycles. The predicted octanol–water partition coefficient (Wildman–Crippen LogP) is 5.23. The van der Waals surface area contributed by atoms with Gasteiger partial charge in [-0.2, -0.15) is 5.10 Å². The number of nitrogens with zero attached hydrogens (tertiary/aromatic N) is 4. The Kier molecular flexibility index (Phi) is 3.67. The molecule has 6 heteroatoms. The van der Waals surface area contributed by atoms with Gasteiger partial charge in [-0.15, -0.1) is 0 Å². The summed E-state index contributed by atoms with van der Waals surface area (Å²) >= 11 is 0. The van der Waals surface area contributed by atoms with Gasteiger partial charge >= 0.3 is 0 Å². The van der Waals surface area contributed by atoms with E-state index in [1.807, 2.05) is 48.8 Å². The molecule has 1 aromatic carbocycles. The second kappa shape index (κ2) is 6.63. The van der Waals surface area contributed by atoms with Gasteiger partial charge in [-0.25, -0.2) is 0 Å². The van der Waals surface area contributed by atoms with Gasteiger partial charge < -0.3 is 4.98 Å². The molecule has 0 unspecified atom stereocenters. The largest absolute Gasteiger partial charge is 0.353 e. The van der Waals surface area contributed by atoms with Crippen LogP contribution in [0.1, 0.15) is 0 Å². The molecule has 2 N–H and O–H groups in total. The SMILES string of the molecule is c1ccc(-c2cccc3[nH]c(-c4n[nH]c5cnc(-c6ccncc6)cc45)cc23)nc1. The molecule has 0 aliphatic carbocycles. The number of rotatable bonds is 3. The maximum absolute atomic E-state index is 4.57. The van der Waals surface area contributed by atoms with Crippen molar-refractivity contribution in [3.8, 4) is 33.9 Å². The molecule has 0 radical (unpaired) electrons. The molecule has 0 aliphatic rings. The van der Waals surface area contributed by atoms with Crippen molar-refractivity contribution >= 4 is 21.8 Å². The molecule has 0 spiro atoms. The predicted molar refractivity (Wildman–Crippen MR) is 118 cm³/mol. The summed E-state index contributed by atoms with van der Waals surface area (Å²) in [4.78, 5) is 16.7. The van der Waals surface area contributed by atoms with Crippen LogP contribution in [0.5, 0.6) is 0 Å². The van der Waals surface area contributed by atoms with Crippen molar-refractivity contribution in [1.29, 1.82) is 0 Å². The van der Waals surface area contributed by atoms with Crippen molar-refractivity contribution in [2.45, 2.75) is 0 Å². The Morgan fingerprint density at radius 1 is 0.700 bits per heavy atom. The van der Waals surface area contributed by atoms with E-state index in [1.165, 1.54) is 0 Å². The molecule has 30 heavy (non-hydrogen) atoms. The quantitative estimate of drug-likeness (QED) is 0.435. The summed E-state index contributed by atoms with van der Waals surface area (Å²) < 4.78 is 0. The Hall–Kier alpha value is -4.32. The number of aromatic amines is 2. The Morgan fingerprint density at radius 3 is 2.50 bits per heavy atom. The first-order valence-corrected chi connectivity index (χ1v) is 9.65. The molecule has 6 nitrogen and oxygen atoms in total. The van der Waals surface area contributed by atoms with Crippen LogP contribution in [0.3, 0.4) is 0 Å². The Bertz CT molecular complexity index is 1480. The van der Waals surface area contributed by atoms with Crippen LogP contribution in [-0.2, 0) is 0 Å². The smallest absolute Gasteiger partial charge is 0.116 e. The van der Waals surface area contributed by atoms with Gasteiger partial charge in [0.1, 0.15) is 5.69 Å². The normalized spacial score (nSPS) is 11.3. The number of aromatic nitrogens is 6. The van der Waals surface area contributed by atoms with E-state index in [2.05, 4.69) is 54.4 Å². The second-order valence-corrected chi connectivity index (χ2v) is 7.09. The van der Waals surface area contributed by atoms with Crippen LogP contribution >= 0.6 is 0 Å². The molecule has 0 saturated heterocycles. The van der Waals surface area contributed by atoms with E-state index < -0.39 is 0 Å². The van der Waals surface area contributed by atoms with E-state index >= 15 is 0 Å². The lowest BCUT2D eigenvalue weighted by Gasteiger charge is -2.01. The minimum absolute atomic E-state index is 0.867. The first-order chi connectivity index (χ1) is 14.9. The van der Waals surface area contributed by atoms with E-state index in [4.69, 9.17) is 0 Å². The zero-order chi connectivity index (χ0) is 19.9. The number of fused-ring (bicyclic) bond motifs is 2. The number of nitrogens with one attached hydrogen (secondary N) is 2. The summed E-state index contributed by atoms with van der Waals surface area (Å²) in [5.74, 6) is 0. The third-order valence-electron chi connectivity index (χ3n) is 5.28. The number of H-pyrrole nitrogens is 2. The highest BCUT2D eigenvalue weighted by Gasteiger charge is 2.15. The van der Waals surface area contributed by atoms with Crippen LogP contribution in [0.4, 0.5) is 0 Å². The van der Waals surface area contributed by atoms with Gasteiger partial charge in [0.05, 0.1) is 28.8 Å². The fraction of sp³-hybridized carbons (Fsp3) is 0. The minimum atomic E-state index is 0.867. The molecule has 5 heterocycles. The molecule has 0 saturated carbocycles. The highest BCUT2D eigenvalue weighted by atomic mass is 15.1. The van der Waals surface area contributed by atoms with Crippen molar-refractivity contribution in [2.24, 2.45) is 0 Å². The standard InChI is InChI=1S/C24H16N6/c1-2-9-26-19(5-1)16-4-3-6-20-17(16)12-22(28-20)24-18-13-21(15-7-10-25-11-8-15)27-14-23(18)29-30-24/h1-14,28H,(H,29,30). The summed E-state index contributed by atoms with van der Waals surface area (Å²) in [5.41, 5.74) is 7.71. The maximum Gasteiger partial charge on any atom is 0.116 e. The van der Waals surface area contributed by atoms with Crippen LogP contribution < -0.4 is 0 Å². The van der Waals surface area contributed by atoms with E-state index in [1.54, 1.807) is 12.4 Å². The summed E-state index contributed by atoms with van der Waals surface area (Å²) in [5, 5.41) is 9.81. The first kappa shape index (κ1) is 16.6. The van der Waals surface area contributed by atoms with Crippen LogP contribution in [0.15, 0.2) is 85.5 Å². The van der Waals surface area contributed by atoms with Crippen LogP contribution in [0.2, 0.25) is 0 Å². The summed E-state index contributed by atoms with van der Waals surface area (Å²) in [6.45, 7) is 0. The van der Waals surface area contributed by atoms with Gasteiger partial charge in [-0.3, -0.25) is 20.1 Å². The highest BCUT2D eigenvalue weighted by Crippen LogP contribution is 2.34. The Morgan fingerprint density at radius 2 is 1.63 bits per heavy atom. The van der Waals surface area contributed by atoms with E-state index in [-0.39, 0.29) is 0 Å². The van der Waals surface area contributed by atoms with Gasteiger partial charge in [0.15, 0.2) is 0 Å². The van der Waals surface area contributed by atoms with Gasteiger partial charge in [-0.05, 0) is 42.5 Å². The lowest BCUT2D eigenvalue weighted by atomic mass is 10.1. The number of hydrogen-bond donors (Lipinski definition) is 2. The second-order valence-electron chi connectivity index (χ2n) is 7.09. The monoisotopic (exact) mass is 388 g/mol. The third-order valence-corrected chi connectivity index (χ3v) is 5.28. The fourth-order valence-corrected chi connectivity index (χ4v) is 3.83. The number of benzene rings is 1. The Labute approximate surface area is 171 Å². The molecule has 0 amide bonds. The molecular formula is C24H16N6. The van der Waals surface area contributed by atoms with Crippen molar-refractivity contribution in [1.82, 2.24) is 30.1 Å². The zero-order valence-corrected chi connectivity index (χ0v) is 15.9. The maximum atomic E-state index is 4.57. The van der Waals surface area contributed by atoms with Gasteiger partial charge in [0.25, 0.3) is 0 Å². The van der Waals surface area contributed by atoms with E-state index in [0.717, 1.165) is 55.7 Å². The van der Waals surface area contributed by atoms with Crippen molar-refractivity contribution < 1.29 is 0 Å².